The highest BCUT2D eigenvalue weighted by Gasteiger charge is 2.07. The van der Waals surface area contributed by atoms with Crippen LogP contribution >= 0.6 is 15.9 Å². The minimum absolute atomic E-state index is 0.00499. The zero-order valence-corrected chi connectivity index (χ0v) is 11.7. The number of aliphatic hydroxyl groups is 1. The second-order valence-corrected chi connectivity index (χ2v) is 4.82. The minimum atomic E-state index is -0.226. The number of carbonyl (C=O) groups is 1. The Bertz CT molecular complexity index is 587. The summed E-state index contributed by atoms with van der Waals surface area (Å²) >= 11 is 3.23. The summed E-state index contributed by atoms with van der Waals surface area (Å²) in [7, 11) is 0. The van der Waals surface area contributed by atoms with Gasteiger partial charge in [-0.25, -0.2) is 4.98 Å². The van der Waals surface area contributed by atoms with Gasteiger partial charge in [-0.15, -0.1) is 0 Å². The molecule has 0 saturated heterocycles. The molecule has 0 radical (unpaired) electrons. The first-order valence-electron chi connectivity index (χ1n) is 5.78. The molecule has 19 heavy (non-hydrogen) atoms. The number of pyridine rings is 1. The maximum absolute atomic E-state index is 11.9. The van der Waals surface area contributed by atoms with E-state index in [1.807, 2.05) is 24.3 Å². The monoisotopic (exact) mass is 320 g/mol. The molecule has 1 amide bonds. The molecule has 5 heteroatoms. The van der Waals surface area contributed by atoms with Crippen molar-refractivity contribution in [2.45, 2.75) is 13.2 Å². The second kappa shape index (κ2) is 6.45. The van der Waals surface area contributed by atoms with Crippen molar-refractivity contribution in [1.82, 2.24) is 10.3 Å². The van der Waals surface area contributed by atoms with Crippen LogP contribution in [0, 0.1) is 0 Å². The lowest BCUT2D eigenvalue weighted by atomic mass is 10.1. The Hall–Kier alpha value is -1.72. The smallest absolute Gasteiger partial charge is 0.270 e. The van der Waals surface area contributed by atoms with Crippen molar-refractivity contribution in [1.29, 1.82) is 0 Å². The van der Waals surface area contributed by atoms with Crippen LogP contribution in [0.2, 0.25) is 0 Å². The van der Waals surface area contributed by atoms with Gasteiger partial charge in [0.15, 0.2) is 0 Å². The van der Waals surface area contributed by atoms with E-state index in [2.05, 4.69) is 26.2 Å². The fourth-order valence-electron chi connectivity index (χ4n) is 1.65. The Morgan fingerprint density at radius 3 is 2.68 bits per heavy atom. The van der Waals surface area contributed by atoms with Crippen LogP contribution in [-0.4, -0.2) is 16.0 Å². The second-order valence-electron chi connectivity index (χ2n) is 4.01. The average Bonchev–Trinajstić information content (AvgIpc) is 2.45. The van der Waals surface area contributed by atoms with Crippen LogP contribution in [0.25, 0.3) is 0 Å². The lowest BCUT2D eigenvalue weighted by Crippen LogP contribution is -2.23. The fourth-order valence-corrected chi connectivity index (χ4v) is 1.99. The topological polar surface area (TPSA) is 62.2 Å². The molecule has 0 aliphatic rings. The number of carbonyl (C=O) groups excluding carboxylic acids is 1. The Kier molecular flexibility index (Phi) is 4.65. The summed E-state index contributed by atoms with van der Waals surface area (Å²) in [6.45, 7) is 0.399. The van der Waals surface area contributed by atoms with E-state index < -0.39 is 0 Å². The van der Waals surface area contributed by atoms with Gasteiger partial charge in [-0.2, -0.15) is 0 Å². The Morgan fingerprint density at radius 2 is 1.95 bits per heavy atom. The molecule has 1 aromatic carbocycles. The van der Waals surface area contributed by atoms with Crippen molar-refractivity contribution in [3.8, 4) is 0 Å². The lowest BCUT2D eigenvalue weighted by molar-refractivity contribution is 0.0945. The van der Waals surface area contributed by atoms with Crippen LogP contribution in [-0.2, 0) is 13.2 Å². The molecule has 2 N–H and O–H groups in total. The Labute approximate surface area is 119 Å². The highest BCUT2D eigenvalue weighted by atomic mass is 79.9. The van der Waals surface area contributed by atoms with Crippen LogP contribution in [0.15, 0.2) is 47.1 Å². The fraction of sp³-hybridized carbons (Fsp3) is 0.143. The van der Waals surface area contributed by atoms with Gasteiger partial charge >= 0.3 is 0 Å². The molecular formula is C14H13BrN2O2. The number of aliphatic hydroxyl groups excluding tert-OH is 1. The third-order valence-electron chi connectivity index (χ3n) is 2.57. The molecule has 2 rings (SSSR count). The molecule has 98 valence electrons. The summed E-state index contributed by atoms with van der Waals surface area (Å²) in [6.07, 6.45) is 0. The van der Waals surface area contributed by atoms with E-state index in [9.17, 15) is 4.79 Å². The lowest BCUT2D eigenvalue weighted by Gasteiger charge is -2.06. The van der Waals surface area contributed by atoms with E-state index in [1.165, 1.54) is 0 Å². The molecule has 0 spiro atoms. The van der Waals surface area contributed by atoms with Gasteiger partial charge in [0, 0.05) is 6.54 Å². The van der Waals surface area contributed by atoms with Crippen LogP contribution in [0.3, 0.4) is 0 Å². The summed E-state index contributed by atoms with van der Waals surface area (Å²) in [5.74, 6) is -0.226. The third kappa shape index (κ3) is 3.87. The average molecular weight is 321 g/mol. The number of aromatic nitrogens is 1. The predicted octanol–water partition coefficient (Wildman–Crippen LogP) is 2.27. The Morgan fingerprint density at radius 1 is 1.21 bits per heavy atom. The zero-order chi connectivity index (χ0) is 13.7. The van der Waals surface area contributed by atoms with Crippen molar-refractivity contribution in [2.24, 2.45) is 0 Å². The highest BCUT2D eigenvalue weighted by molar-refractivity contribution is 9.10. The Balaban J connectivity index is 2.00. The van der Waals surface area contributed by atoms with E-state index in [0.717, 1.165) is 11.1 Å². The summed E-state index contributed by atoms with van der Waals surface area (Å²) in [4.78, 5) is 16.0. The minimum Gasteiger partial charge on any atom is -0.392 e. The number of hydrogen-bond donors (Lipinski definition) is 2. The number of nitrogens with one attached hydrogen (secondary N) is 1. The first-order valence-corrected chi connectivity index (χ1v) is 6.58. The maximum Gasteiger partial charge on any atom is 0.270 e. The number of nitrogens with zero attached hydrogens (tertiary/aromatic N) is 1. The number of rotatable bonds is 4. The largest absolute Gasteiger partial charge is 0.392 e. The van der Waals surface area contributed by atoms with E-state index in [-0.39, 0.29) is 12.5 Å². The normalized spacial score (nSPS) is 10.2. The van der Waals surface area contributed by atoms with Gasteiger partial charge < -0.3 is 10.4 Å². The SMILES string of the molecule is O=C(NCc1cccc(CO)c1)c1cccc(Br)n1. The highest BCUT2D eigenvalue weighted by Crippen LogP contribution is 2.07. The van der Waals surface area contributed by atoms with Gasteiger partial charge in [0.1, 0.15) is 10.3 Å². The molecule has 0 saturated carbocycles. The third-order valence-corrected chi connectivity index (χ3v) is 3.02. The molecule has 0 fully saturated rings. The first kappa shape index (κ1) is 13.7. The van der Waals surface area contributed by atoms with Crippen molar-refractivity contribution in [3.63, 3.8) is 0 Å². The predicted molar refractivity (Wildman–Crippen MR) is 75.5 cm³/mol. The molecular weight excluding hydrogens is 308 g/mol. The number of benzene rings is 1. The van der Waals surface area contributed by atoms with Gasteiger partial charge in [0.05, 0.1) is 6.61 Å². The quantitative estimate of drug-likeness (QED) is 0.849. The molecule has 0 bridgehead atoms. The molecule has 0 aliphatic heterocycles. The van der Waals surface area contributed by atoms with E-state index >= 15 is 0 Å². The molecule has 1 aromatic heterocycles. The summed E-state index contributed by atoms with van der Waals surface area (Å²) in [5.41, 5.74) is 2.13. The molecule has 2 aromatic rings. The van der Waals surface area contributed by atoms with Crippen LogP contribution in [0.4, 0.5) is 0 Å². The molecule has 0 aliphatic carbocycles. The summed E-state index contributed by atoms with van der Waals surface area (Å²) in [6, 6.07) is 12.6. The van der Waals surface area contributed by atoms with Crippen LogP contribution in [0.5, 0.6) is 0 Å². The standard InChI is InChI=1S/C14H13BrN2O2/c15-13-6-2-5-12(17-13)14(19)16-8-10-3-1-4-11(7-10)9-18/h1-7,18H,8-9H2,(H,16,19). The number of halogens is 1. The van der Waals surface area contributed by atoms with Crippen molar-refractivity contribution in [3.05, 3.63) is 63.9 Å². The summed E-state index contributed by atoms with van der Waals surface area (Å²) < 4.78 is 0.627. The number of amides is 1. The summed E-state index contributed by atoms with van der Waals surface area (Å²) in [5, 5.41) is 11.8. The van der Waals surface area contributed by atoms with E-state index in [4.69, 9.17) is 5.11 Å². The van der Waals surface area contributed by atoms with E-state index in [0.29, 0.717) is 16.8 Å². The number of hydrogen-bond acceptors (Lipinski definition) is 3. The molecule has 0 unspecified atom stereocenters. The van der Waals surface area contributed by atoms with Gasteiger partial charge in [0.2, 0.25) is 0 Å². The van der Waals surface area contributed by atoms with Crippen LogP contribution in [0.1, 0.15) is 21.6 Å². The molecule has 0 atom stereocenters. The van der Waals surface area contributed by atoms with Crippen molar-refractivity contribution < 1.29 is 9.90 Å². The van der Waals surface area contributed by atoms with E-state index in [1.54, 1.807) is 18.2 Å². The zero-order valence-electron chi connectivity index (χ0n) is 10.1. The van der Waals surface area contributed by atoms with Crippen LogP contribution < -0.4 is 5.32 Å². The van der Waals surface area contributed by atoms with Gasteiger partial charge in [0.25, 0.3) is 5.91 Å². The van der Waals surface area contributed by atoms with Crippen molar-refractivity contribution >= 4 is 21.8 Å². The van der Waals surface area contributed by atoms with Gasteiger partial charge in [-0.05, 0) is 39.2 Å². The molecule has 4 nitrogen and oxygen atoms in total. The molecule has 1 heterocycles. The van der Waals surface area contributed by atoms with Gasteiger partial charge in [-0.3, -0.25) is 4.79 Å². The maximum atomic E-state index is 11.9. The first-order chi connectivity index (χ1) is 9.19. The van der Waals surface area contributed by atoms with Crippen molar-refractivity contribution in [2.75, 3.05) is 0 Å². The van der Waals surface area contributed by atoms with Gasteiger partial charge in [-0.1, -0.05) is 30.3 Å².